The maximum absolute atomic E-state index is 4.97. The molecule has 0 aliphatic rings. The van der Waals surface area contributed by atoms with Crippen molar-refractivity contribution in [1.29, 1.82) is 0 Å². The van der Waals surface area contributed by atoms with Gasteiger partial charge in [0, 0.05) is 24.2 Å². The van der Waals surface area contributed by atoms with Crippen LogP contribution >= 0.6 is 11.3 Å². The van der Waals surface area contributed by atoms with Crippen molar-refractivity contribution in [2.75, 3.05) is 0 Å². The summed E-state index contributed by atoms with van der Waals surface area (Å²) < 4.78 is 1.72. The zero-order chi connectivity index (χ0) is 9.26. The molecule has 6 heteroatoms. The first-order valence-electron chi connectivity index (χ1n) is 3.61. The molecule has 0 bridgehead atoms. The molecule has 0 radical (unpaired) electrons. The number of hydrogen-bond acceptors (Lipinski definition) is 5. The lowest BCUT2D eigenvalue weighted by Crippen LogP contribution is -2.00. The van der Waals surface area contributed by atoms with Crippen molar-refractivity contribution in [3.8, 4) is 16.5 Å². The van der Waals surface area contributed by atoms with Gasteiger partial charge in [-0.3, -0.25) is 4.68 Å². The molecule has 2 aromatic heterocycles. The third kappa shape index (κ3) is 1.53. The highest BCUT2D eigenvalue weighted by molar-refractivity contribution is 7.11. The molecule has 2 heterocycles. The van der Waals surface area contributed by atoms with Crippen LogP contribution in [0.1, 0.15) is 0 Å². The Labute approximate surface area is 78.7 Å². The van der Waals surface area contributed by atoms with E-state index in [4.69, 9.17) is 5.90 Å². The fourth-order valence-corrected chi connectivity index (χ4v) is 1.61. The van der Waals surface area contributed by atoms with Gasteiger partial charge < -0.3 is 4.84 Å². The molecule has 0 aliphatic carbocycles. The zero-order valence-electron chi connectivity index (χ0n) is 6.97. The van der Waals surface area contributed by atoms with Crippen molar-refractivity contribution < 1.29 is 4.84 Å². The molecular formula is C7H8N4OS. The van der Waals surface area contributed by atoms with Gasteiger partial charge in [0.15, 0.2) is 0 Å². The number of nitrogens with two attached hydrogens (primary N) is 1. The van der Waals surface area contributed by atoms with Crippen molar-refractivity contribution in [3.05, 3.63) is 17.8 Å². The highest BCUT2D eigenvalue weighted by Gasteiger charge is 2.05. The molecule has 2 N–H and O–H groups in total. The van der Waals surface area contributed by atoms with Crippen LogP contribution in [0.3, 0.4) is 0 Å². The topological polar surface area (TPSA) is 66.0 Å². The first-order chi connectivity index (χ1) is 6.29. The number of aryl methyl sites for hydroxylation is 1. The lowest BCUT2D eigenvalue weighted by molar-refractivity contribution is 0.333. The summed E-state index contributed by atoms with van der Waals surface area (Å²) in [6, 6.07) is 0. The van der Waals surface area contributed by atoms with E-state index in [1.165, 1.54) is 11.3 Å². The summed E-state index contributed by atoms with van der Waals surface area (Å²) in [5.74, 6) is 4.97. The third-order valence-corrected chi connectivity index (χ3v) is 2.31. The Morgan fingerprint density at radius 1 is 1.62 bits per heavy atom. The van der Waals surface area contributed by atoms with Crippen molar-refractivity contribution in [2.24, 2.45) is 12.9 Å². The minimum absolute atomic E-state index is 0.457. The fraction of sp³-hybridized carbons (Fsp3) is 0.143. The Hall–Kier alpha value is -1.40. The number of aromatic nitrogens is 3. The quantitative estimate of drug-likeness (QED) is 0.721. The molecule has 0 unspecified atom stereocenters. The van der Waals surface area contributed by atoms with Crippen LogP contribution in [-0.4, -0.2) is 14.8 Å². The van der Waals surface area contributed by atoms with Crippen LogP contribution in [0.5, 0.6) is 5.19 Å². The van der Waals surface area contributed by atoms with E-state index in [9.17, 15) is 0 Å². The monoisotopic (exact) mass is 196 g/mol. The summed E-state index contributed by atoms with van der Waals surface area (Å²) in [6.45, 7) is 0. The second kappa shape index (κ2) is 3.15. The largest absolute Gasteiger partial charge is 0.380 e. The average molecular weight is 196 g/mol. The molecule has 2 aromatic rings. The minimum Gasteiger partial charge on any atom is -0.380 e. The molecule has 0 amide bonds. The van der Waals surface area contributed by atoms with E-state index in [-0.39, 0.29) is 0 Å². The van der Waals surface area contributed by atoms with E-state index in [2.05, 4.69) is 14.9 Å². The maximum atomic E-state index is 4.97. The fourth-order valence-electron chi connectivity index (χ4n) is 0.997. The maximum Gasteiger partial charge on any atom is 0.294 e. The van der Waals surface area contributed by atoms with Gasteiger partial charge in [-0.15, -0.1) is 0 Å². The molecule has 0 aromatic carbocycles. The summed E-state index contributed by atoms with van der Waals surface area (Å²) in [4.78, 5) is 8.63. The van der Waals surface area contributed by atoms with Crippen LogP contribution in [-0.2, 0) is 7.05 Å². The van der Waals surface area contributed by atoms with Crippen molar-refractivity contribution in [3.63, 3.8) is 0 Å². The second-order valence-electron chi connectivity index (χ2n) is 2.52. The Kier molecular flexibility index (Phi) is 1.99. The molecule has 0 saturated heterocycles. The predicted octanol–water partition coefficient (Wildman–Crippen LogP) is 0.796. The van der Waals surface area contributed by atoms with E-state index < -0.39 is 0 Å². The van der Waals surface area contributed by atoms with Gasteiger partial charge in [-0.1, -0.05) is 11.3 Å². The highest BCUT2D eigenvalue weighted by Crippen LogP contribution is 2.24. The molecule has 0 spiro atoms. The first kappa shape index (κ1) is 8.21. The predicted molar refractivity (Wildman–Crippen MR) is 49.1 cm³/mol. The van der Waals surface area contributed by atoms with Gasteiger partial charge >= 0.3 is 0 Å². The van der Waals surface area contributed by atoms with Crippen LogP contribution in [0.2, 0.25) is 0 Å². The van der Waals surface area contributed by atoms with Crippen LogP contribution in [0, 0.1) is 0 Å². The average Bonchev–Trinajstić information content (AvgIpc) is 2.71. The van der Waals surface area contributed by atoms with E-state index in [1.54, 1.807) is 10.9 Å². The lowest BCUT2D eigenvalue weighted by Gasteiger charge is -1.88. The van der Waals surface area contributed by atoms with Gasteiger partial charge in [0.2, 0.25) is 0 Å². The Morgan fingerprint density at radius 3 is 3.00 bits per heavy atom. The van der Waals surface area contributed by atoms with Gasteiger partial charge in [0.25, 0.3) is 5.19 Å². The SMILES string of the molecule is Cn1cc(-c2csc(ON)n2)cn1. The van der Waals surface area contributed by atoms with Gasteiger partial charge in [0.05, 0.1) is 11.9 Å². The third-order valence-electron chi connectivity index (χ3n) is 1.58. The van der Waals surface area contributed by atoms with Gasteiger partial charge in [-0.05, 0) is 0 Å². The van der Waals surface area contributed by atoms with Crippen LogP contribution in [0.25, 0.3) is 11.3 Å². The Bertz CT molecular complexity index is 408. The number of nitrogens with zero attached hydrogens (tertiary/aromatic N) is 3. The molecule has 0 aliphatic heterocycles. The molecule has 5 nitrogen and oxygen atoms in total. The smallest absolute Gasteiger partial charge is 0.294 e. The Morgan fingerprint density at radius 2 is 2.46 bits per heavy atom. The normalized spacial score (nSPS) is 10.3. The number of thiazole rings is 1. The van der Waals surface area contributed by atoms with Gasteiger partial charge in [-0.2, -0.15) is 11.0 Å². The standard InChI is InChI=1S/C7H8N4OS/c1-11-3-5(2-9-11)6-4-13-7(10-6)12-8/h2-4H,8H2,1H3. The molecular weight excluding hydrogens is 188 g/mol. The number of rotatable bonds is 2. The van der Waals surface area contributed by atoms with Crippen molar-refractivity contribution >= 4 is 11.3 Å². The highest BCUT2D eigenvalue weighted by atomic mass is 32.1. The molecule has 0 atom stereocenters. The molecule has 0 saturated carbocycles. The summed E-state index contributed by atoms with van der Waals surface area (Å²) in [5, 5.41) is 6.37. The van der Waals surface area contributed by atoms with E-state index in [0.29, 0.717) is 5.19 Å². The van der Waals surface area contributed by atoms with Gasteiger partial charge in [-0.25, -0.2) is 4.98 Å². The van der Waals surface area contributed by atoms with Crippen molar-refractivity contribution in [1.82, 2.24) is 14.8 Å². The Balaban J connectivity index is 2.35. The zero-order valence-corrected chi connectivity index (χ0v) is 7.78. The summed E-state index contributed by atoms with van der Waals surface area (Å²) in [7, 11) is 1.86. The second-order valence-corrected chi connectivity index (χ2v) is 3.34. The summed E-state index contributed by atoms with van der Waals surface area (Å²) in [6.07, 6.45) is 3.63. The molecule has 13 heavy (non-hydrogen) atoms. The van der Waals surface area contributed by atoms with E-state index in [1.807, 2.05) is 18.6 Å². The van der Waals surface area contributed by atoms with E-state index in [0.717, 1.165) is 11.3 Å². The first-order valence-corrected chi connectivity index (χ1v) is 4.49. The molecule has 2 rings (SSSR count). The van der Waals surface area contributed by atoms with Gasteiger partial charge in [0.1, 0.15) is 0 Å². The number of hydrogen-bond donors (Lipinski definition) is 1. The molecule has 0 fully saturated rings. The van der Waals surface area contributed by atoms with E-state index >= 15 is 0 Å². The lowest BCUT2D eigenvalue weighted by atomic mass is 10.3. The minimum atomic E-state index is 0.457. The summed E-state index contributed by atoms with van der Waals surface area (Å²) in [5.41, 5.74) is 1.79. The van der Waals surface area contributed by atoms with Crippen molar-refractivity contribution in [2.45, 2.75) is 0 Å². The molecule has 68 valence electrons. The van der Waals surface area contributed by atoms with Crippen LogP contribution < -0.4 is 10.7 Å². The van der Waals surface area contributed by atoms with Crippen LogP contribution in [0.4, 0.5) is 0 Å². The van der Waals surface area contributed by atoms with Crippen LogP contribution in [0.15, 0.2) is 17.8 Å². The summed E-state index contributed by atoms with van der Waals surface area (Å²) >= 11 is 1.36.